The van der Waals surface area contributed by atoms with Crippen LogP contribution in [0.25, 0.3) is 0 Å². The topological polar surface area (TPSA) is 187 Å². The minimum Gasteiger partial charge on any atom is -0.493 e. The Morgan fingerprint density at radius 2 is 0.957 bits per heavy atom. The molecule has 4 rings (SSSR count). The maximum absolute atomic E-state index is 11.9. The number of esters is 2. The summed E-state index contributed by atoms with van der Waals surface area (Å²) in [6, 6.07) is 22.6. The van der Waals surface area contributed by atoms with Gasteiger partial charge in [0.1, 0.15) is 38.1 Å². The van der Waals surface area contributed by atoms with Gasteiger partial charge in [0.05, 0.1) is 46.8 Å². The van der Waals surface area contributed by atoms with Gasteiger partial charge in [-0.1, -0.05) is 57.7 Å². The van der Waals surface area contributed by atoms with Crippen LogP contribution in [0.3, 0.4) is 0 Å². The molecule has 0 fully saturated rings. The minimum absolute atomic E-state index is 0.00481. The largest absolute Gasteiger partial charge is 0.493 e. The van der Waals surface area contributed by atoms with Gasteiger partial charge in [0, 0.05) is 24.0 Å². The lowest BCUT2D eigenvalue weighted by atomic mass is 9.88. The second kappa shape index (κ2) is 27.7. The van der Waals surface area contributed by atoms with Crippen LogP contribution in [0.1, 0.15) is 89.0 Å². The molecule has 0 spiro atoms. The molecule has 0 aliphatic carbocycles. The van der Waals surface area contributed by atoms with Crippen LogP contribution in [0.15, 0.2) is 97.1 Å². The number of benzene rings is 4. The molecule has 0 bridgehead atoms. The van der Waals surface area contributed by atoms with E-state index in [4.69, 9.17) is 47.4 Å². The summed E-state index contributed by atoms with van der Waals surface area (Å²) in [5, 5.41) is 32.0. The number of aliphatic hydroxyl groups excluding tert-OH is 3. The van der Waals surface area contributed by atoms with E-state index in [2.05, 4.69) is 20.1 Å². The zero-order valence-corrected chi connectivity index (χ0v) is 42.2. The summed E-state index contributed by atoms with van der Waals surface area (Å²) in [6.07, 6.45) is 0.553. The van der Waals surface area contributed by atoms with E-state index in [1.165, 1.54) is 14.0 Å². The number of methoxy groups -OCH3 is 4. The van der Waals surface area contributed by atoms with Gasteiger partial charge in [0.25, 0.3) is 0 Å². The summed E-state index contributed by atoms with van der Waals surface area (Å²) in [5.74, 6) is 2.95. The first-order chi connectivity index (χ1) is 33.4. The molecule has 0 aliphatic heterocycles. The monoisotopic (exact) mass is 972 g/mol. The molecule has 15 nitrogen and oxygen atoms in total. The Balaban J connectivity index is 1.31. The smallest absolute Gasteiger partial charge is 0.333 e. The van der Waals surface area contributed by atoms with Crippen molar-refractivity contribution in [3.8, 4) is 46.0 Å². The molecule has 0 saturated carbocycles. The molecule has 70 heavy (non-hydrogen) atoms. The van der Waals surface area contributed by atoms with Crippen molar-refractivity contribution < 1.29 is 72.3 Å². The van der Waals surface area contributed by atoms with Crippen LogP contribution in [0, 0.1) is 0 Å². The van der Waals surface area contributed by atoms with E-state index in [9.17, 15) is 24.9 Å². The number of carbonyl (C=O) groups excluding carboxylic acids is 2. The number of hydrogen-bond donors (Lipinski definition) is 3. The fourth-order valence-electron chi connectivity index (χ4n) is 7.67. The van der Waals surface area contributed by atoms with Crippen molar-refractivity contribution in [1.29, 1.82) is 0 Å². The van der Waals surface area contributed by atoms with Crippen LogP contribution in [-0.2, 0) is 31.9 Å². The van der Waals surface area contributed by atoms with Gasteiger partial charge >= 0.3 is 11.9 Å². The van der Waals surface area contributed by atoms with Crippen molar-refractivity contribution in [3.63, 3.8) is 0 Å². The third-order valence-corrected chi connectivity index (χ3v) is 11.3. The summed E-state index contributed by atoms with van der Waals surface area (Å²) in [5.41, 5.74) is 3.62. The Morgan fingerprint density at radius 3 is 1.39 bits per heavy atom. The molecular formula is C55H72O15. The van der Waals surface area contributed by atoms with Crippen molar-refractivity contribution in [3.05, 3.63) is 119 Å². The molecular weight excluding hydrogens is 901 g/mol. The predicted octanol–water partition coefficient (Wildman–Crippen LogP) is 8.56. The minimum atomic E-state index is -1.03. The van der Waals surface area contributed by atoms with E-state index in [0.29, 0.717) is 71.7 Å². The first kappa shape index (κ1) is 56.2. The Hall–Kier alpha value is -6.42. The van der Waals surface area contributed by atoms with Gasteiger partial charge in [-0.15, -0.1) is 0 Å². The number of carbonyl (C=O) groups is 2. The maximum atomic E-state index is 11.9. The van der Waals surface area contributed by atoms with Crippen LogP contribution >= 0.6 is 0 Å². The lowest BCUT2D eigenvalue weighted by molar-refractivity contribution is -0.143. The Kier molecular flexibility index (Phi) is 22.2. The average Bonchev–Trinajstić information content (AvgIpc) is 3.34. The van der Waals surface area contributed by atoms with E-state index < -0.39 is 35.9 Å². The highest BCUT2D eigenvalue weighted by Crippen LogP contribution is 2.38. The lowest BCUT2D eigenvalue weighted by Gasteiger charge is -2.35. The Bertz CT molecular complexity index is 2340. The molecule has 0 aliphatic rings. The third-order valence-electron chi connectivity index (χ3n) is 11.3. The molecule has 0 amide bonds. The molecule has 15 heteroatoms. The van der Waals surface area contributed by atoms with Crippen LogP contribution in [0.2, 0.25) is 0 Å². The summed E-state index contributed by atoms with van der Waals surface area (Å²) in [7, 11) is 6.25. The Labute approximate surface area is 412 Å². The molecule has 3 N–H and O–H groups in total. The zero-order valence-electron chi connectivity index (χ0n) is 42.2. The summed E-state index contributed by atoms with van der Waals surface area (Å²) < 4.78 is 57.5. The standard InChI is InChI=1S/C55H72O15/c1-12-22-55(13-2,30-43(57)32-67-53(59)35(3)4)70-48-21-17-41(29-52(48)64-11)25-39-14-18-45(49(26-39)61-8)65-31-42(56)23-37(7)69-47-20-16-40(28-51(47)63-10)24-38-15-19-46(50(27-38)62-9)66-33-44(58)34-68-54(60)36(5)6/h14-21,26-29,37,42-44,56-58H,3,5,12-13,22-25,30-34H2,1-2,4,6-11H3. The molecule has 4 aromatic rings. The molecule has 4 aromatic carbocycles. The molecule has 5 unspecified atom stereocenters. The van der Waals surface area contributed by atoms with Crippen molar-refractivity contribution in [1.82, 2.24) is 0 Å². The fourth-order valence-corrected chi connectivity index (χ4v) is 7.67. The van der Waals surface area contributed by atoms with Gasteiger partial charge in [-0.05, 0) is 117 Å². The van der Waals surface area contributed by atoms with E-state index in [0.717, 1.165) is 28.7 Å². The van der Waals surface area contributed by atoms with Crippen LogP contribution < -0.4 is 37.9 Å². The highest BCUT2D eigenvalue weighted by atomic mass is 16.6. The number of ether oxygens (including phenoxy) is 10. The van der Waals surface area contributed by atoms with Crippen molar-refractivity contribution in [2.45, 2.75) is 110 Å². The van der Waals surface area contributed by atoms with Gasteiger partial charge in [-0.25, -0.2) is 9.59 Å². The second-order valence-corrected chi connectivity index (χ2v) is 17.4. The number of hydrogen-bond acceptors (Lipinski definition) is 15. The highest BCUT2D eigenvalue weighted by molar-refractivity contribution is 5.87. The average molecular weight is 973 g/mol. The molecule has 5 atom stereocenters. The first-order valence-corrected chi connectivity index (χ1v) is 23.4. The maximum Gasteiger partial charge on any atom is 0.333 e. The van der Waals surface area contributed by atoms with E-state index in [1.54, 1.807) is 34.3 Å². The molecule has 0 heterocycles. The van der Waals surface area contributed by atoms with Crippen LogP contribution in [0.5, 0.6) is 46.0 Å². The fraction of sp³-hybridized carbons (Fsp3) is 0.455. The molecule has 0 saturated heterocycles. The number of rotatable bonds is 31. The van der Waals surface area contributed by atoms with Gasteiger partial charge in [-0.2, -0.15) is 0 Å². The Morgan fingerprint density at radius 1 is 0.557 bits per heavy atom. The van der Waals surface area contributed by atoms with Crippen molar-refractivity contribution in [2.24, 2.45) is 0 Å². The van der Waals surface area contributed by atoms with E-state index >= 15 is 0 Å². The molecule has 382 valence electrons. The SMILES string of the molecule is C=C(C)C(=O)OCC(O)COc1ccc(Cc2ccc(OC(C)CC(O)COc3ccc(Cc4ccc(OC(CC)(CCC)CC(O)COC(=O)C(=C)C)c(OC)c4)cc3OC)c(OC)c2)cc1OC. The van der Waals surface area contributed by atoms with Crippen molar-refractivity contribution in [2.75, 3.05) is 54.9 Å². The summed E-state index contributed by atoms with van der Waals surface area (Å²) >= 11 is 0. The highest BCUT2D eigenvalue weighted by Gasteiger charge is 2.34. The lowest BCUT2D eigenvalue weighted by Crippen LogP contribution is -2.40. The van der Waals surface area contributed by atoms with Gasteiger partial charge in [0.2, 0.25) is 0 Å². The zero-order chi connectivity index (χ0) is 51.4. The second-order valence-electron chi connectivity index (χ2n) is 17.4. The first-order valence-electron chi connectivity index (χ1n) is 23.4. The van der Waals surface area contributed by atoms with Gasteiger partial charge < -0.3 is 62.7 Å². The third kappa shape index (κ3) is 17.2. The van der Waals surface area contributed by atoms with Gasteiger partial charge in [-0.3, -0.25) is 0 Å². The van der Waals surface area contributed by atoms with Crippen LogP contribution in [0.4, 0.5) is 0 Å². The molecule has 0 radical (unpaired) electrons. The van der Waals surface area contributed by atoms with E-state index in [-0.39, 0.29) is 56.5 Å². The summed E-state index contributed by atoms with van der Waals surface area (Å²) in [4.78, 5) is 23.5. The summed E-state index contributed by atoms with van der Waals surface area (Å²) in [6.45, 7) is 15.7. The normalized spacial score (nSPS) is 13.6. The number of aliphatic hydroxyl groups is 3. The predicted molar refractivity (Wildman–Crippen MR) is 266 cm³/mol. The molecule has 0 aromatic heterocycles. The van der Waals surface area contributed by atoms with Gasteiger partial charge in [0.15, 0.2) is 46.0 Å². The van der Waals surface area contributed by atoms with Crippen LogP contribution in [-0.4, -0.2) is 112 Å². The van der Waals surface area contributed by atoms with E-state index in [1.807, 2.05) is 80.6 Å². The quantitative estimate of drug-likeness (QED) is 0.0321. The van der Waals surface area contributed by atoms with Crippen molar-refractivity contribution >= 4 is 11.9 Å².